The molecule has 182 valence electrons. The highest BCUT2D eigenvalue weighted by atomic mass is 32.2. The Kier molecular flexibility index (Phi) is 6.67. The van der Waals surface area contributed by atoms with Crippen LogP contribution >= 0.6 is 0 Å². The number of carbonyl (C=O) groups excluding carboxylic acids is 2. The van der Waals surface area contributed by atoms with Gasteiger partial charge in [-0.15, -0.1) is 0 Å². The van der Waals surface area contributed by atoms with Crippen LogP contribution in [0.15, 0.2) is 41.3 Å². The normalized spacial score (nSPS) is 18.5. The van der Waals surface area contributed by atoms with Crippen LogP contribution in [0, 0.1) is 0 Å². The van der Waals surface area contributed by atoms with Gasteiger partial charge in [0.2, 0.25) is 10.0 Å². The van der Waals surface area contributed by atoms with Gasteiger partial charge in [-0.2, -0.15) is 4.31 Å². The Hall–Kier alpha value is -3.31. The number of sulfonamides is 1. The molecule has 1 N–H and O–H groups in total. The number of ether oxygens (including phenoxy) is 3. The third-order valence-electron chi connectivity index (χ3n) is 5.94. The summed E-state index contributed by atoms with van der Waals surface area (Å²) in [4.78, 5) is 26.7. The molecule has 10 nitrogen and oxygen atoms in total. The molecule has 4 rings (SSSR count). The molecule has 2 heterocycles. The molecule has 0 saturated carbocycles. The number of nitrogens with zero attached hydrogens (tertiary/aromatic N) is 2. The van der Waals surface area contributed by atoms with Gasteiger partial charge in [-0.1, -0.05) is 6.92 Å². The molecule has 0 aliphatic carbocycles. The minimum absolute atomic E-state index is 0.0600. The van der Waals surface area contributed by atoms with Gasteiger partial charge in [0.15, 0.2) is 17.6 Å². The van der Waals surface area contributed by atoms with Crippen LogP contribution in [0.1, 0.15) is 23.7 Å². The van der Waals surface area contributed by atoms with Crippen molar-refractivity contribution < 1.29 is 32.2 Å². The van der Waals surface area contributed by atoms with Gasteiger partial charge in [0.25, 0.3) is 11.8 Å². The van der Waals surface area contributed by atoms with Crippen LogP contribution in [0.4, 0.5) is 5.69 Å². The molecule has 0 radical (unpaired) electrons. The fourth-order valence-electron chi connectivity index (χ4n) is 3.99. The van der Waals surface area contributed by atoms with Crippen LogP contribution in [0.3, 0.4) is 0 Å². The van der Waals surface area contributed by atoms with Gasteiger partial charge < -0.3 is 24.4 Å². The highest BCUT2D eigenvalue weighted by Gasteiger charge is 2.33. The second-order valence-corrected chi connectivity index (χ2v) is 9.87. The Bertz CT molecular complexity index is 1210. The number of methoxy groups -OCH3 is 2. The molecule has 2 aliphatic rings. The predicted octanol–water partition coefficient (Wildman–Crippen LogP) is 1.96. The van der Waals surface area contributed by atoms with Gasteiger partial charge in [-0.05, 0) is 42.8 Å². The fraction of sp³-hybridized carbons (Fsp3) is 0.391. The minimum atomic E-state index is -3.81. The molecule has 1 saturated heterocycles. The van der Waals surface area contributed by atoms with E-state index in [4.69, 9.17) is 14.2 Å². The number of nitrogens with one attached hydrogen (secondary N) is 1. The highest BCUT2D eigenvalue weighted by molar-refractivity contribution is 7.89. The summed E-state index contributed by atoms with van der Waals surface area (Å²) < 4.78 is 43.9. The molecule has 11 heteroatoms. The summed E-state index contributed by atoms with van der Waals surface area (Å²) in [6.07, 6.45) is -0.0799. The van der Waals surface area contributed by atoms with Crippen molar-refractivity contribution in [1.82, 2.24) is 9.21 Å². The number of amides is 2. The summed E-state index contributed by atoms with van der Waals surface area (Å²) in [6, 6.07) is 9.36. The second-order valence-electron chi connectivity index (χ2n) is 7.93. The van der Waals surface area contributed by atoms with Crippen molar-refractivity contribution in [3.05, 3.63) is 42.0 Å². The van der Waals surface area contributed by atoms with E-state index >= 15 is 0 Å². The number of hydrogen-bond donors (Lipinski definition) is 1. The summed E-state index contributed by atoms with van der Waals surface area (Å²) >= 11 is 0. The molecule has 0 spiro atoms. The lowest BCUT2D eigenvalue weighted by Gasteiger charge is -2.34. The first-order valence-electron chi connectivity index (χ1n) is 10.9. The molecular weight excluding hydrogens is 462 g/mol. The third kappa shape index (κ3) is 4.40. The van der Waals surface area contributed by atoms with E-state index in [1.807, 2.05) is 6.92 Å². The maximum atomic E-state index is 13.2. The van der Waals surface area contributed by atoms with E-state index in [1.165, 1.54) is 30.7 Å². The maximum Gasteiger partial charge on any atom is 0.265 e. The number of rotatable bonds is 6. The van der Waals surface area contributed by atoms with Crippen molar-refractivity contribution in [2.75, 3.05) is 45.7 Å². The molecule has 0 aromatic heterocycles. The van der Waals surface area contributed by atoms with Gasteiger partial charge in [0.05, 0.1) is 24.8 Å². The molecule has 34 heavy (non-hydrogen) atoms. The first kappa shape index (κ1) is 23.8. The van der Waals surface area contributed by atoms with E-state index in [-0.39, 0.29) is 42.9 Å². The molecular formula is C23H27N3O7S. The first-order valence-corrected chi connectivity index (χ1v) is 12.4. The summed E-state index contributed by atoms with van der Waals surface area (Å²) in [5, 5.41) is 2.71. The molecule has 2 amide bonds. The van der Waals surface area contributed by atoms with Crippen LogP contribution in [0.2, 0.25) is 0 Å². The maximum absolute atomic E-state index is 13.2. The minimum Gasteiger partial charge on any atom is -0.493 e. The quantitative estimate of drug-likeness (QED) is 0.660. The Labute approximate surface area is 198 Å². The number of anilines is 1. The van der Waals surface area contributed by atoms with Gasteiger partial charge in [-0.3, -0.25) is 9.59 Å². The predicted molar refractivity (Wildman–Crippen MR) is 124 cm³/mol. The first-order chi connectivity index (χ1) is 16.3. The summed E-state index contributed by atoms with van der Waals surface area (Å²) in [5.41, 5.74) is 0.766. The lowest BCUT2D eigenvalue weighted by molar-refractivity contribution is -0.123. The highest BCUT2D eigenvalue weighted by Crippen LogP contribution is 2.34. The monoisotopic (exact) mass is 489 g/mol. The molecule has 1 fully saturated rings. The van der Waals surface area contributed by atoms with Crippen molar-refractivity contribution in [2.45, 2.75) is 24.3 Å². The topological polar surface area (TPSA) is 114 Å². The number of piperazine rings is 1. The zero-order valence-electron chi connectivity index (χ0n) is 19.2. The van der Waals surface area contributed by atoms with E-state index in [1.54, 1.807) is 29.2 Å². The van der Waals surface area contributed by atoms with Crippen molar-refractivity contribution in [1.29, 1.82) is 0 Å². The van der Waals surface area contributed by atoms with E-state index in [9.17, 15) is 18.0 Å². The molecule has 2 aromatic carbocycles. The van der Waals surface area contributed by atoms with Crippen LogP contribution in [-0.2, 0) is 14.8 Å². The Morgan fingerprint density at radius 2 is 1.76 bits per heavy atom. The lowest BCUT2D eigenvalue weighted by Crippen LogP contribution is -2.50. The molecule has 0 bridgehead atoms. The van der Waals surface area contributed by atoms with E-state index in [0.717, 1.165) is 0 Å². The summed E-state index contributed by atoms with van der Waals surface area (Å²) in [6.45, 7) is 2.63. The largest absolute Gasteiger partial charge is 0.493 e. The van der Waals surface area contributed by atoms with Crippen molar-refractivity contribution >= 4 is 27.5 Å². The third-order valence-corrected chi connectivity index (χ3v) is 7.83. The number of benzene rings is 2. The molecule has 2 aromatic rings. The van der Waals surface area contributed by atoms with E-state index in [2.05, 4.69) is 5.32 Å². The Morgan fingerprint density at radius 1 is 1.06 bits per heavy atom. The molecule has 1 atom stereocenters. The van der Waals surface area contributed by atoms with Crippen molar-refractivity contribution in [3.8, 4) is 17.2 Å². The van der Waals surface area contributed by atoms with E-state index in [0.29, 0.717) is 34.9 Å². The number of hydrogen-bond acceptors (Lipinski definition) is 7. The van der Waals surface area contributed by atoms with Crippen LogP contribution in [-0.4, -0.2) is 75.9 Å². The van der Waals surface area contributed by atoms with Crippen LogP contribution in [0.25, 0.3) is 0 Å². The number of carbonyl (C=O) groups is 2. The molecule has 0 unspecified atom stereocenters. The van der Waals surface area contributed by atoms with Gasteiger partial charge in [-0.25, -0.2) is 8.42 Å². The summed E-state index contributed by atoms with van der Waals surface area (Å²) in [7, 11) is -0.799. The Morgan fingerprint density at radius 3 is 2.41 bits per heavy atom. The van der Waals surface area contributed by atoms with Crippen molar-refractivity contribution in [2.24, 2.45) is 0 Å². The zero-order valence-corrected chi connectivity index (χ0v) is 20.1. The standard InChI is InChI=1S/C23H27N3O7S/c1-4-18-22(27)24-17-14-16(6-8-19(17)33-18)34(29,30)26-11-9-25(10-12-26)23(28)15-5-7-20(31-2)21(13-15)32-3/h5-8,13-14,18H,4,9-12H2,1-3H3,(H,24,27)/t18-/m1/s1. The smallest absolute Gasteiger partial charge is 0.265 e. The van der Waals surface area contributed by atoms with Crippen LogP contribution < -0.4 is 19.5 Å². The second kappa shape index (κ2) is 9.51. The fourth-order valence-corrected chi connectivity index (χ4v) is 5.44. The van der Waals surface area contributed by atoms with E-state index < -0.39 is 16.1 Å². The molecule has 2 aliphatic heterocycles. The number of fused-ring (bicyclic) bond motifs is 1. The Balaban J connectivity index is 1.45. The van der Waals surface area contributed by atoms with Gasteiger partial charge in [0.1, 0.15) is 5.75 Å². The van der Waals surface area contributed by atoms with Crippen LogP contribution in [0.5, 0.6) is 17.2 Å². The zero-order chi connectivity index (χ0) is 24.5. The SMILES string of the molecule is CC[C@H]1Oc2ccc(S(=O)(=O)N3CCN(C(=O)c4ccc(OC)c(OC)c4)CC3)cc2NC1=O. The van der Waals surface area contributed by atoms with Crippen molar-refractivity contribution in [3.63, 3.8) is 0 Å². The van der Waals surface area contributed by atoms with Gasteiger partial charge in [0, 0.05) is 31.7 Å². The van der Waals surface area contributed by atoms with Gasteiger partial charge >= 0.3 is 0 Å². The summed E-state index contributed by atoms with van der Waals surface area (Å²) in [5.74, 6) is 0.898. The average molecular weight is 490 g/mol. The lowest BCUT2D eigenvalue weighted by atomic mass is 10.1. The average Bonchev–Trinajstić information content (AvgIpc) is 2.87.